The Morgan fingerprint density at radius 2 is 1.61 bits per heavy atom. The van der Waals surface area contributed by atoms with Crippen molar-refractivity contribution < 1.29 is 31.7 Å². The molecule has 2 N–H and O–H groups in total. The van der Waals surface area contributed by atoms with Crippen molar-refractivity contribution in [3.63, 3.8) is 0 Å². The van der Waals surface area contributed by atoms with Crippen LogP contribution in [0.5, 0.6) is 5.75 Å². The molecule has 33 heavy (non-hydrogen) atoms. The highest BCUT2D eigenvalue weighted by molar-refractivity contribution is 7.86. The lowest BCUT2D eigenvalue weighted by Gasteiger charge is -2.26. The van der Waals surface area contributed by atoms with E-state index < -0.39 is 39.5 Å². The Labute approximate surface area is 195 Å². The van der Waals surface area contributed by atoms with E-state index in [0.717, 1.165) is 11.8 Å². The second kappa shape index (κ2) is 11.3. The zero-order valence-electron chi connectivity index (χ0n) is 19.3. The highest BCUT2D eigenvalue weighted by Gasteiger charge is 2.33. The van der Waals surface area contributed by atoms with Crippen molar-refractivity contribution in [3.05, 3.63) is 65.7 Å². The topological polar surface area (TPSA) is 122 Å². The standard InChI is InChI=1S/C24H31NO7S/c1-24(2,3)31-21(26)14-19(15-25)22(23(27)30-16-17-8-6-5-7-9-17)18-10-12-20(13-11-18)32-33(4,28)29/h5-13,19,22H,14-16,25H2,1-4H3. The summed E-state index contributed by atoms with van der Waals surface area (Å²) in [6.45, 7) is 5.37. The van der Waals surface area contributed by atoms with Gasteiger partial charge in [0.15, 0.2) is 0 Å². The van der Waals surface area contributed by atoms with Crippen LogP contribution in [0.25, 0.3) is 0 Å². The molecule has 0 aliphatic rings. The van der Waals surface area contributed by atoms with Crippen LogP contribution in [0, 0.1) is 5.92 Å². The molecule has 0 aromatic heterocycles. The second-order valence-electron chi connectivity index (χ2n) is 8.71. The van der Waals surface area contributed by atoms with Gasteiger partial charge in [-0.1, -0.05) is 42.5 Å². The maximum Gasteiger partial charge on any atom is 0.314 e. The van der Waals surface area contributed by atoms with E-state index in [1.54, 1.807) is 32.9 Å². The summed E-state index contributed by atoms with van der Waals surface area (Å²) in [7, 11) is -3.69. The number of carbonyl (C=O) groups is 2. The van der Waals surface area contributed by atoms with Crippen LogP contribution in [0.2, 0.25) is 0 Å². The Kier molecular flexibility index (Phi) is 9.01. The number of esters is 2. The van der Waals surface area contributed by atoms with Gasteiger partial charge in [-0.05, 0) is 56.5 Å². The average molecular weight is 478 g/mol. The highest BCUT2D eigenvalue weighted by atomic mass is 32.2. The van der Waals surface area contributed by atoms with Gasteiger partial charge < -0.3 is 19.4 Å². The maximum atomic E-state index is 13.1. The van der Waals surface area contributed by atoms with Crippen LogP contribution in [0.3, 0.4) is 0 Å². The molecule has 0 radical (unpaired) electrons. The molecule has 2 atom stereocenters. The fourth-order valence-corrected chi connectivity index (χ4v) is 3.72. The average Bonchev–Trinajstić information content (AvgIpc) is 2.71. The molecule has 8 nitrogen and oxygen atoms in total. The molecule has 0 saturated heterocycles. The first kappa shape index (κ1) is 26.3. The minimum absolute atomic E-state index is 0.0337. The lowest BCUT2D eigenvalue weighted by atomic mass is 9.83. The van der Waals surface area contributed by atoms with Crippen LogP contribution in [0.1, 0.15) is 44.2 Å². The summed E-state index contributed by atoms with van der Waals surface area (Å²) in [5.74, 6) is -2.37. The molecule has 180 valence electrons. The highest BCUT2D eigenvalue weighted by Crippen LogP contribution is 2.31. The largest absolute Gasteiger partial charge is 0.460 e. The van der Waals surface area contributed by atoms with Gasteiger partial charge in [0.25, 0.3) is 0 Å². The fourth-order valence-electron chi connectivity index (χ4n) is 3.26. The molecule has 0 aliphatic heterocycles. The van der Waals surface area contributed by atoms with E-state index >= 15 is 0 Å². The van der Waals surface area contributed by atoms with Crippen molar-refractivity contribution in [2.75, 3.05) is 12.8 Å². The number of hydrogen-bond donors (Lipinski definition) is 1. The molecule has 0 spiro atoms. The Morgan fingerprint density at radius 1 is 1.00 bits per heavy atom. The number of ether oxygens (including phenoxy) is 2. The first-order valence-electron chi connectivity index (χ1n) is 10.5. The van der Waals surface area contributed by atoms with Gasteiger partial charge in [-0.25, -0.2) is 0 Å². The molecule has 0 bridgehead atoms. The van der Waals surface area contributed by atoms with Crippen molar-refractivity contribution >= 4 is 22.1 Å². The smallest absolute Gasteiger partial charge is 0.314 e. The van der Waals surface area contributed by atoms with Crippen molar-refractivity contribution in [3.8, 4) is 5.75 Å². The summed E-state index contributed by atoms with van der Waals surface area (Å²) in [4.78, 5) is 25.6. The molecule has 2 unspecified atom stereocenters. The molecule has 0 amide bonds. The van der Waals surface area contributed by atoms with Crippen LogP contribution in [0.15, 0.2) is 54.6 Å². The Hall–Kier alpha value is -2.91. The molecule has 0 saturated carbocycles. The van der Waals surface area contributed by atoms with E-state index in [2.05, 4.69) is 0 Å². The summed E-state index contributed by atoms with van der Waals surface area (Å²) in [5.41, 5.74) is 6.62. The minimum atomic E-state index is -3.69. The van der Waals surface area contributed by atoms with Crippen LogP contribution < -0.4 is 9.92 Å². The van der Waals surface area contributed by atoms with E-state index in [9.17, 15) is 18.0 Å². The molecule has 2 aromatic carbocycles. The van der Waals surface area contributed by atoms with E-state index in [1.165, 1.54) is 12.1 Å². The second-order valence-corrected chi connectivity index (χ2v) is 10.3. The quantitative estimate of drug-likeness (QED) is 0.409. The number of hydrogen-bond acceptors (Lipinski definition) is 8. The zero-order valence-corrected chi connectivity index (χ0v) is 20.1. The van der Waals surface area contributed by atoms with Crippen LogP contribution in [0.4, 0.5) is 0 Å². The van der Waals surface area contributed by atoms with Gasteiger partial charge in [-0.3, -0.25) is 9.59 Å². The monoisotopic (exact) mass is 477 g/mol. The van der Waals surface area contributed by atoms with Gasteiger partial charge >= 0.3 is 22.1 Å². The zero-order chi connectivity index (χ0) is 24.6. The Balaban J connectivity index is 2.29. The van der Waals surface area contributed by atoms with Crippen molar-refractivity contribution in [2.45, 2.75) is 45.3 Å². The molecule has 0 heterocycles. The van der Waals surface area contributed by atoms with Gasteiger partial charge in [0, 0.05) is 0 Å². The summed E-state index contributed by atoms with van der Waals surface area (Å²) in [5, 5.41) is 0. The molecule has 9 heteroatoms. The Morgan fingerprint density at radius 3 is 2.12 bits per heavy atom. The van der Waals surface area contributed by atoms with Gasteiger partial charge in [-0.15, -0.1) is 0 Å². The summed E-state index contributed by atoms with van der Waals surface area (Å²) >= 11 is 0. The van der Waals surface area contributed by atoms with Gasteiger partial charge in [0.05, 0.1) is 18.6 Å². The van der Waals surface area contributed by atoms with Crippen LogP contribution in [-0.4, -0.2) is 38.8 Å². The molecular formula is C24H31NO7S. The predicted octanol–water partition coefficient (Wildman–Crippen LogP) is 3.16. The summed E-state index contributed by atoms with van der Waals surface area (Å²) < 4.78 is 38.6. The lowest BCUT2D eigenvalue weighted by Crippen LogP contribution is -2.33. The number of rotatable bonds is 10. The third kappa shape index (κ3) is 9.23. The number of benzene rings is 2. The van der Waals surface area contributed by atoms with Gasteiger partial charge in [0.1, 0.15) is 18.0 Å². The maximum absolute atomic E-state index is 13.1. The first-order valence-corrected chi connectivity index (χ1v) is 12.3. The van der Waals surface area contributed by atoms with Crippen LogP contribution >= 0.6 is 0 Å². The minimum Gasteiger partial charge on any atom is -0.460 e. The molecule has 0 aliphatic carbocycles. The number of nitrogens with two attached hydrogens (primary N) is 1. The normalized spacial score (nSPS) is 13.6. The molecular weight excluding hydrogens is 446 g/mol. The molecule has 2 rings (SSSR count). The molecule has 2 aromatic rings. The van der Waals surface area contributed by atoms with Crippen LogP contribution in [-0.2, 0) is 35.8 Å². The third-order valence-corrected chi connectivity index (χ3v) is 5.08. The SMILES string of the molecule is CC(C)(C)OC(=O)CC(CN)C(C(=O)OCc1ccccc1)c1ccc(OS(C)(=O)=O)cc1. The molecule has 0 fully saturated rings. The summed E-state index contributed by atoms with van der Waals surface area (Å²) in [6.07, 6.45) is 0.858. The fraction of sp³-hybridized carbons (Fsp3) is 0.417. The number of carbonyl (C=O) groups excluding carboxylic acids is 2. The van der Waals surface area contributed by atoms with Crippen molar-refractivity contribution in [2.24, 2.45) is 11.7 Å². The van der Waals surface area contributed by atoms with Crippen molar-refractivity contribution in [1.82, 2.24) is 0 Å². The van der Waals surface area contributed by atoms with E-state index in [-0.39, 0.29) is 25.3 Å². The third-order valence-electron chi connectivity index (χ3n) is 4.59. The van der Waals surface area contributed by atoms with E-state index in [0.29, 0.717) is 5.56 Å². The van der Waals surface area contributed by atoms with Gasteiger partial charge in [0.2, 0.25) is 0 Å². The lowest BCUT2D eigenvalue weighted by molar-refractivity contribution is -0.157. The van der Waals surface area contributed by atoms with E-state index in [4.69, 9.17) is 19.4 Å². The van der Waals surface area contributed by atoms with Gasteiger partial charge in [-0.2, -0.15) is 8.42 Å². The van der Waals surface area contributed by atoms with Crippen molar-refractivity contribution in [1.29, 1.82) is 0 Å². The Bertz CT molecular complexity index is 1030. The summed E-state index contributed by atoms with van der Waals surface area (Å²) in [6, 6.07) is 15.2. The van der Waals surface area contributed by atoms with E-state index in [1.807, 2.05) is 30.3 Å². The first-order chi connectivity index (χ1) is 15.4. The predicted molar refractivity (Wildman–Crippen MR) is 124 cm³/mol.